The van der Waals surface area contributed by atoms with Crippen molar-refractivity contribution in [2.45, 2.75) is 12.7 Å². The summed E-state index contributed by atoms with van der Waals surface area (Å²) >= 11 is 0. The van der Waals surface area contributed by atoms with Crippen LogP contribution < -0.4 is 5.73 Å². The predicted octanol–water partition coefficient (Wildman–Crippen LogP) is 1.13. The average Bonchev–Trinajstić information content (AvgIpc) is 2.03. The van der Waals surface area contributed by atoms with Crippen LogP contribution in [0.2, 0.25) is 0 Å². The van der Waals surface area contributed by atoms with Crippen LogP contribution in [-0.4, -0.2) is 9.79 Å². The maximum Gasteiger partial charge on any atom is 0.346 e. The highest BCUT2D eigenvalue weighted by Gasteiger charge is 2.25. The van der Waals surface area contributed by atoms with Gasteiger partial charge >= 0.3 is 7.60 Å². The number of hydrogen-bond donors (Lipinski definition) is 3. The van der Waals surface area contributed by atoms with Crippen LogP contribution >= 0.6 is 7.60 Å². The highest BCUT2D eigenvalue weighted by atomic mass is 31.2. The highest BCUT2D eigenvalue weighted by molar-refractivity contribution is 7.52. The number of benzene rings is 1. The summed E-state index contributed by atoms with van der Waals surface area (Å²) in [6.45, 7) is 1.90. The van der Waals surface area contributed by atoms with E-state index in [0.29, 0.717) is 5.56 Å². The minimum atomic E-state index is -4.22. The molecule has 1 rings (SSSR count). The van der Waals surface area contributed by atoms with E-state index in [2.05, 4.69) is 0 Å². The lowest BCUT2D eigenvalue weighted by molar-refractivity contribution is 0.359. The zero-order valence-corrected chi connectivity index (χ0v) is 8.11. The van der Waals surface area contributed by atoms with Crippen LogP contribution in [0.15, 0.2) is 24.3 Å². The molecule has 0 saturated carbocycles. The fourth-order valence-corrected chi connectivity index (χ4v) is 1.52. The third-order valence-electron chi connectivity index (χ3n) is 1.78. The minimum Gasteiger partial charge on any atom is -0.323 e. The van der Waals surface area contributed by atoms with Crippen molar-refractivity contribution in [1.82, 2.24) is 0 Å². The van der Waals surface area contributed by atoms with Crippen LogP contribution in [-0.2, 0) is 4.57 Å². The van der Waals surface area contributed by atoms with Crippen LogP contribution in [0.25, 0.3) is 0 Å². The SMILES string of the molecule is Cc1ccc([C@@H](N)P(=O)(O)O)cc1. The van der Waals surface area contributed by atoms with Gasteiger partial charge in [0, 0.05) is 0 Å². The zero-order chi connectivity index (χ0) is 10.1. The second kappa shape index (κ2) is 3.60. The lowest BCUT2D eigenvalue weighted by atomic mass is 10.1. The van der Waals surface area contributed by atoms with E-state index < -0.39 is 13.4 Å². The van der Waals surface area contributed by atoms with Gasteiger partial charge in [-0.15, -0.1) is 0 Å². The molecule has 72 valence electrons. The third kappa shape index (κ3) is 2.64. The van der Waals surface area contributed by atoms with Crippen molar-refractivity contribution in [2.24, 2.45) is 5.73 Å². The summed E-state index contributed by atoms with van der Waals surface area (Å²) in [5, 5.41) is 0. The molecule has 1 aromatic rings. The van der Waals surface area contributed by atoms with Gasteiger partial charge in [0.2, 0.25) is 0 Å². The van der Waals surface area contributed by atoms with Gasteiger partial charge in [0.25, 0.3) is 0 Å². The second-order valence-corrected chi connectivity index (χ2v) is 4.68. The monoisotopic (exact) mass is 201 g/mol. The molecule has 1 aromatic carbocycles. The molecule has 4 N–H and O–H groups in total. The van der Waals surface area contributed by atoms with Crippen LogP contribution in [0, 0.1) is 6.92 Å². The molecule has 0 bridgehead atoms. The molecule has 0 aliphatic rings. The first kappa shape index (κ1) is 10.4. The molecule has 1 atom stereocenters. The van der Waals surface area contributed by atoms with Crippen molar-refractivity contribution in [3.05, 3.63) is 35.4 Å². The molecular formula is C8H12NO3P. The summed E-state index contributed by atoms with van der Waals surface area (Å²) in [4.78, 5) is 17.6. The van der Waals surface area contributed by atoms with Gasteiger partial charge in [-0.2, -0.15) is 0 Å². The van der Waals surface area contributed by atoms with E-state index in [9.17, 15) is 4.57 Å². The fraction of sp³-hybridized carbons (Fsp3) is 0.250. The van der Waals surface area contributed by atoms with Gasteiger partial charge in [0.1, 0.15) is 5.78 Å². The van der Waals surface area contributed by atoms with Crippen molar-refractivity contribution in [2.75, 3.05) is 0 Å². The molecule has 0 amide bonds. The Hall–Kier alpha value is -0.670. The van der Waals surface area contributed by atoms with Crippen LogP contribution in [0.1, 0.15) is 16.9 Å². The van der Waals surface area contributed by atoms with E-state index in [1.54, 1.807) is 24.3 Å². The lowest BCUT2D eigenvalue weighted by Gasteiger charge is -2.13. The molecule has 0 spiro atoms. The Morgan fingerprint density at radius 2 is 1.77 bits per heavy atom. The molecule has 0 fully saturated rings. The molecule has 0 radical (unpaired) electrons. The van der Waals surface area contributed by atoms with Gasteiger partial charge in [-0.25, -0.2) is 0 Å². The summed E-state index contributed by atoms with van der Waals surface area (Å²) < 4.78 is 10.8. The quantitative estimate of drug-likeness (QED) is 0.626. The number of rotatable bonds is 2. The molecule has 0 saturated heterocycles. The summed E-state index contributed by atoms with van der Waals surface area (Å²) in [5.41, 5.74) is 6.85. The maximum absolute atomic E-state index is 10.8. The summed E-state index contributed by atoms with van der Waals surface area (Å²) in [6, 6.07) is 6.79. The third-order valence-corrected chi connectivity index (χ3v) is 2.80. The Morgan fingerprint density at radius 3 is 2.15 bits per heavy atom. The normalized spacial score (nSPS) is 14.2. The van der Waals surface area contributed by atoms with Crippen molar-refractivity contribution in [1.29, 1.82) is 0 Å². The smallest absolute Gasteiger partial charge is 0.323 e. The second-order valence-electron chi connectivity index (χ2n) is 2.94. The standard InChI is InChI=1S/C8H12NO3P/c1-6-2-4-7(5-3-6)8(9)13(10,11)12/h2-5,8H,9H2,1H3,(H2,10,11,12)/t8-/m0/s1. The molecule has 5 heteroatoms. The van der Waals surface area contributed by atoms with Gasteiger partial charge in [-0.3, -0.25) is 4.57 Å². The molecule has 0 aliphatic carbocycles. The average molecular weight is 201 g/mol. The van der Waals surface area contributed by atoms with Crippen LogP contribution in [0.3, 0.4) is 0 Å². The van der Waals surface area contributed by atoms with Crippen molar-refractivity contribution in [3.63, 3.8) is 0 Å². The Labute approximate surface area is 76.6 Å². The van der Waals surface area contributed by atoms with E-state index in [1.807, 2.05) is 6.92 Å². The fourth-order valence-electron chi connectivity index (χ4n) is 0.958. The molecule has 4 nitrogen and oxygen atoms in total. The van der Waals surface area contributed by atoms with Gasteiger partial charge in [0.05, 0.1) is 0 Å². The van der Waals surface area contributed by atoms with E-state index in [-0.39, 0.29) is 0 Å². The Balaban J connectivity index is 2.97. The summed E-state index contributed by atoms with van der Waals surface area (Å²) in [7, 11) is -4.22. The Morgan fingerprint density at radius 1 is 1.31 bits per heavy atom. The van der Waals surface area contributed by atoms with Gasteiger partial charge < -0.3 is 15.5 Å². The van der Waals surface area contributed by atoms with Crippen molar-refractivity contribution < 1.29 is 14.4 Å². The Kier molecular flexibility index (Phi) is 2.88. The molecule has 13 heavy (non-hydrogen) atoms. The summed E-state index contributed by atoms with van der Waals surface area (Å²) in [5.74, 6) is -1.21. The van der Waals surface area contributed by atoms with Crippen LogP contribution in [0.4, 0.5) is 0 Å². The van der Waals surface area contributed by atoms with E-state index in [4.69, 9.17) is 15.5 Å². The maximum atomic E-state index is 10.8. The lowest BCUT2D eigenvalue weighted by Crippen LogP contribution is -2.10. The summed E-state index contributed by atoms with van der Waals surface area (Å²) in [6.07, 6.45) is 0. The molecule has 0 aromatic heterocycles. The number of nitrogens with two attached hydrogens (primary N) is 1. The van der Waals surface area contributed by atoms with Gasteiger partial charge in [-0.05, 0) is 12.5 Å². The molecule has 0 unspecified atom stereocenters. The molecule has 0 heterocycles. The largest absolute Gasteiger partial charge is 0.346 e. The number of aryl methyl sites for hydroxylation is 1. The van der Waals surface area contributed by atoms with E-state index in [1.165, 1.54) is 0 Å². The highest BCUT2D eigenvalue weighted by Crippen LogP contribution is 2.47. The van der Waals surface area contributed by atoms with E-state index >= 15 is 0 Å². The molecule has 0 aliphatic heterocycles. The first-order valence-corrected chi connectivity index (χ1v) is 5.47. The number of hydrogen-bond acceptors (Lipinski definition) is 2. The predicted molar refractivity (Wildman–Crippen MR) is 50.2 cm³/mol. The van der Waals surface area contributed by atoms with Gasteiger partial charge in [0.15, 0.2) is 0 Å². The van der Waals surface area contributed by atoms with Gasteiger partial charge in [-0.1, -0.05) is 29.8 Å². The minimum absolute atomic E-state index is 0.457. The first-order valence-electron chi connectivity index (χ1n) is 3.78. The first-order chi connectivity index (χ1) is 5.91. The van der Waals surface area contributed by atoms with Crippen molar-refractivity contribution in [3.8, 4) is 0 Å². The topological polar surface area (TPSA) is 83.6 Å². The van der Waals surface area contributed by atoms with Crippen molar-refractivity contribution >= 4 is 7.60 Å². The van der Waals surface area contributed by atoms with E-state index in [0.717, 1.165) is 5.56 Å². The molecular weight excluding hydrogens is 189 g/mol. The van der Waals surface area contributed by atoms with Crippen LogP contribution in [0.5, 0.6) is 0 Å². The Bertz CT molecular complexity index is 330. The zero-order valence-electron chi connectivity index (χ0n) is 7.21.